The summed E-state index contributed by atoms with van der Waals surface area (Å²) in [6.45, 7) is 0. The molecule has 14 radical (unpaired) electrons. The second kappa shape index (κ2) is 62.2. The van der Waals surface area contributed by atoms with Gasteiger partial charge >= 0.3 is 167 Å². The van der Waals surface area contributed by atoms with Crippen molar-refractivity contribution >= 4 is 167 Å². The summed E-state index contributed by atoms with van der Waals surface area (Å²) in [6, 6.07) is 0. The average Bonchev–Trinajstić information content (AvgIpc) is 0. The van der Waals surface area contributed by atoms with E-state index in [2.05, 4.69) is 0 Å². The van der Waals surface area contributed by atoms with Crippen molar-refractivity contribution in [3.8, 4) is 0 Å². The van der Waals surface area contributed by atoms with E-state index < -0.39 is 0 Å². The van der Waals surface area contributed by atoms with Crippen molar-refractivity contribution < 1.29 is 125 Å². The molecule has 0 saturated carbocycles. The van der Waals surface area contributed by atoms with Gasteiger partial charge in [0, 0.05) is 125 Å². The predicted octanol–water partition coefficient (Wildman–Crippen LogP) is -6.41. The third-order valence-electron chi connectivity index (χ3n) is 0. The van der Waals surface area contributed by atoms with Gasteiger partial charge in [0.25, 0.3) is 0 Å². The van der Waals surface area contributed by atoms with E-state index >= 15 is 0 Å². The van der Waals surface area contributed by atoms with Crippen molar-refractivity contribution in [2.45, 2.75) is 0 Å². The van der Waals surface area contributed by atoms with Crippen LogP contribution in [0.2, 0.25) is 0 Å². The van der Waals surface area contributed by atoms with E-state index in [4.69, 9.17) is 0 Å². The van der Waals surface area contributed by atoms with E-state index in [1.54, 1.807) is 0 Å². The molecule has 0 aliphatic carbocycles. The van der Waals surface area contributed by atoms with Gasteiger partial charge in [0.2, 0.25) is 0 Å². The quantitative estimate of drug-likeness (QED) is 0.212. The molecular weight excluding hydrogens is 1250 g/mol. The molecule has 0 saturated heterocycles. The first-order valence-corrected chi connectivity index (χ1v) is 0. The van der Waals surface area contributed by atoms with E-state index in [1.165, 1.54) is 0 Å². The molecule has 0 aromatic heterocycles. The summed E-state index contributed by atoms with van der Waals surface area (Å²) in [5, 5.41) is 0. The van der Waals surface area contributed by atoms with Gasteiger partial charge in [0.05, 0.1) is 0 Å². The van der Waals surface area contributed by atoms with Crippen molar-refractivity contribution in [2.24, 2.45) is 0 Å². The third kappa shape index (κ3) is 52.4. The van der Waals surface area contributed by atoms with Crippen LogP contribution in [0.25, 0.3) is 0 Å². The Hall–Kier alpha value is 9.72. The average molecular weight is 1270 g/mol. The van der Waals surface area contributed by atoms with Gasteiger partial charge in [-0.1, -0.05) is 0 Å². The maximum atomic E-state index is 0. The monoisotopic (exact) mass is 1270 g/mol. The fraction of sp³-hybridized carbons (Fsp3) is 0. The minimum absolute atomic E-state index is 0. The van der Waals surface area contributed by atoms with E-state index in [0.29, 0.717) is 0 Å². The molecule has 0 aliphatic rings. The Morgan fingerprint density at radius 3 is 0.200 bits per heavy atom. The first kappa shape index (κ1) is 73.1. The van der Waals surface area contributed by atoms with E-state index in [0.717, 1.165) is 0 Å². The van der Waals surface area contributed by atoms with E-state index in [1.807, 2.05) is 0 Å². The molecule has 0 aliphatic heterocycles. The third-order valence-corrected chi connectivity index (χ3v) is 0. The molecule has 0 N–H and O–H groups in total. The Bertz CT molecular complexity index is 8.81. The second-order valence-electron chi connectivity index (χ2n) is 0. The van der Waals surface area contributed by atoms with Crippen molar-refractivity contribution in [1.82, 2.24) is 0 Å². The van der Waals surface area contributed by atoms with Gasteiger partial charge in [0.15, 0.2) is 0 Å². The molecule has 0 heterocycles. The molecule has 0 bridgehead atoms. The summed E-state index contributed by atoms with van der Waals surface area (Å²) in [5.41, 5.74) is 0. The first-order chi connectivity index (χ1) is 0. The van der Waals surface area contributed by atoms with Crippen LogP contribution in [0.15, 0.2) is 0 Å². The van der Waals surface area contributed by atoms with Crippen LogP contribution in [-0.2, 0) is 0 Å². The van der Waals surface area contributed by atoms with Crippen molar-refractivity contribution in [2.75, 3.05) is 0 Å². The van der Waals surface area contributed by atoms with Crippen LogP contribution in [-0.4, -0.2) is 167 Å². The van der Waals surface area contributed by atoms with Crippen LogP contribution in [0.4, 0.5) is 0 Å². The summed E-state index contributed by atoms with van der Waals surface area (Å²) < 4.78 is 0. The topological polar surface area (TPSA) is 0 Å². The normalized spacial score (nSPS) is 0. The fourth-order valence-corrected chi connectivity index (χ4v) is 0. The predicted molar refractivity (Wildman–Crippen MR) is 59.8 cm³/mol. The fourth-order valence-electron chi connectivity index (χ4n) is 0. The standard InChI is InChI=1S/3Ce.7Sn.14H. The van der Waals surface area contributed by atoms with Crippen LogP contribution >= 0.6 is 0 Å². The number of rotatable bonds is 0. The zero-order chi connectivity index (χ0) is 0. The summed E-state index contributed by atoms with van der Waals surface area (Å²) in [6.07, 6.45) is 0. The minimum atomic E-state index is 0. The molecule has 0 amide bonds. The molecule has 54 valence electrons. The SMILES string of the molecule is [Ce].[Ce].[Ce].[SnH2].[SnH2].[SnH2].[SnH2].[SnH2].[SnH2].[SnH2]. The molecule has 0 spiro atoms. The Balaban J connectivity index is 0. The van der Waals surface area contributed by atoms with Crippen LogP contribution in [0, 0.1) is 125 Å². The van der Waals surface area contributed by atoms with Gasteiger partial charge in [-0.25, -0.2) is 0 Å². The zero-order valence-corrected chi connectivity index (χ0v) is 44.1. The summed E-state index contributed by atoms with van der Waals surface area (Å²) >= 11 is 0. The molecule has 0 nitrogen and oxygen atoms in total. The van der Waals surface area contributed by atoms with Crippen molar-refractivity contribution in [3.63, 3.8) is 0 Å². The second-order valence-corrected chi connectivity index (χ2v) is 0. The van der Waals surface area contributed by atoms with E-state index in [9.17, 15) is 0 Å². The Morgan fingerprint density at radius 1 is 0.200 bits per heavy atom. The van der Waals surface area contributed by atoms with E-state index in [-0.39, 0.29) is 293 Å². The van der Waals surface area contributed by atoms with Crippen LogP contribution in [0.1, 0.15) is 0 Å². The molecule has 0 fully saturated rings. The molecule has 0 rings (SSSR count). The van der Waals surface area contributed by atoms with Crippen molar-refractivity contribution in [3.05, 3.63) is 0 Å². The maximum absolute atomic E-state index is 0. The van der Waals surface area contributed by atoms with Gasteiger partial charge in [-0.3, -0.25) is 0 Å². The molecule has 0 atom stereocenters. The number of hydrogen-bond donors (Lipinski definition) is 0. The molecule has 10 heavy (non-hydrogen) atoms. The summed E-state index contributed by atoms with van der Waals surface area (Å²) in [5.74, 6) is 0. The summed E-state index contributed by atoms with van der Waals surface area (Å²) in [4.78, 5) is 0. The van der Waals surface area contributed by atoms with Crippen LogP contribution in [0.3, 0.4) is 0 Å². The Labute approximate surface area is 283 Å². The first-order valence-electron chi connectivity index (χ1n) is 0. The molecule has 0 aromatic rings. The van der Waals surface area contributed by atoms with Gasteiger partial charge in [0.1, 0.15) is 0 Å². The Kier molecular flexibility index (Phi) is 455. The van der Waals surface area contributed by atoms with Crippen LogP contribution < -0.4 is 0 Å². The van der Waals surface area contributed by atoms with Gasteiger partial charge in [-0.2, -0.15) is 0 Å². The van der Waals surface area contributed by atoms with Crippen LogP contribution in [0.5, 0.6) is 0 Å². The molecule has 0 aromatic carbocycles. The van der Waals surface area contributed by atoms with Gasteiger partial charge < -0.3 is 0 Å². The zero-order valence-electron chi connectivity index (χ0n) is 6.45. The van der Waals surface area contributed by atoms with Crippen molar-refractivity contribution in [1.29, 1.82) is 0 Å². The van der Waals surface area contributed by atoms with Gasteiger partial charge in [-0.05, 0) is 0 Å². The molecule has 0 unspecified atom stereocenters. The van der Waals surface area contributed by atoms with Gasteiger partial charge in [-0.15, -0.1) is 0 Å². The number of hydrogen-bond acceptors (Lipinski definition) is 0. The molecule has 10 heteroatoms. The molecular formula is H14Ce3Sn7. The Morgan fingerprint density at radius 2 is 0.200 bits per heavy atom. The summed E-state index contributed by atoms with van der Waals surface area (Å²) in [7, 11) is 0.